The highest BCUT2D eigenvalue weighted by molar-refractivity contribution is 5.85. The van der Waals surface area contributed by atoms with Crippen LogP contribution in [-0.4, -0.2) is 27.1 Å². The van der Waals surface area contributed by atoms with Crippen LogP contribution in [0.3, 0.4) is 0 Å². The van der Waals surface area contributed by atoms with Crippen molar-refractivity contribution in [3.05, 3.63) is 63.1 Å². The zero-order valence-electron chi connectivity index (χ0n) is 13.7. The molecule has 0 fully saturated rings. The number of halogens is 1. The Balaban J connectivity index is 0.00000208. The first-order valence-corrected chi connectivity index (χ1v) is 7.63. The number of fused-ring (bicyclic) bond motifs is 1. The summed E-state index contributed by atoms with van der Waals surface area (Å²) in [5.74, 6) is -0.125. The molecule has 1 aromatic heterocycles. The standard InChI is InChI=1S/C17H20N4O2.ClH/c1-11-3-5-12(6-4-11)16(18)17(23)21-8-7-14-13(10-21)9-15(22)20(2)19-14;/h3-6,9,16H,7-8,10,18H2,1-2H3;1H. The van der Waals surface area contributed by atoms with Crippen molar-refractivity contribution < 1.29 is 4.79 Å². The quantitative estimate of drug-likeness (QED) is 0.881. The van der Waals surface area contributed by atoms with Gasteiger partial charge in [0.05, 0.1) is 5.69 Å². The lowest BCUT2D eigenvalue weighted by Crippen LogP contribution is -2.42. The van der Waals surface area contributed by atoms with Gasteiger partial charge in [0.1, 0.15) is 6.04 Å². The average Bonchev–Trinajstić information content (AvgIpc) is 2.55. The second-order valence-corrected chi connectivity index (χ2v) is 5.98. The minimum Gasteiger partial charge on any atom is -0.336 e. The number of rotatable bonds is 2. The summed E-state index contributed by atoms with van der Waals surface area (Å²) in [7, 11) is 1.63. The van der Waals surface area contributed by atoms with Crippen LogP contribution < -0.4 is 11.3 Å². The normalized spacial score (nSPS) is 14.5. The first-order chi connectivity index (χ1) is 11.0. The predicted molar refractivity (Wildman–Crippen MR) is 94.0 cm³/mol. The molecule has 0 aliphatic carbocycles. The molecule has 7 heteroatoms. The van der Waals surface area contributed by atoms with Crippen LogP contribution in [-0.2, 0) is 24.8 Å². The third-order valence-electron chi connectivity index (χ3n) is 4.25. The minimum atomic E-state index is -0.684. The highest BCUT2D eigenvalue weighted by Gasteiger charge is 2.27. The molecule has 128 valence electrons. The van der Waals surface area contributed by atoms with E-state index in [1.807, 2.05) is 31.2 Å². The van der Waals surface area contributed by atoms with Crippen LogP contribution in [0.5, 0.6) is 0 Å². The number of aryl methyl sites for hydroxylation is 2. The number of hydrogen-bond donors (Lipinski definition) is 1. The molecule has 24 heavy (non-hydrogen) atoms. The molecule has 0 spiro atoms. The molecule has 0 saturated carbocycles. The van der Waals surface area contributed by atoms with E-state index in [0.29, 0.717) is 19.5 Å². The van der Waals surface area contributed by atoms with Gasteiger partial charge in [0.15, 0.2) is 0 Å². The number of nitrogens with two attached hydrogens (primary N) is 1. The van der Waals surface area contributed by atoms with E-state index >= 15 is 0 Å². The number of carbonyl (C=O) groups excluding carboxylic acids is 1. The van der Waals surface area contributed by atoms with Gasteiger partial charge in [0.2, 0.25) is 5.91 Å². The summed E-state index contributed by atoms with van der Waals surface area (Å²) in [6.45, 7) is 2.94. The number of hydrogen-bond acceptors (Lipinski definition) is 4. The van der Waals surface area contributed by atoms with E-state index in [9.17, 15) is 9.59 Å². The molecule has 1 aliphatic heterocycles. The summed E-state index contributed by atoms with van der Waals surface area (Å²) in [5.41, 5.74) is 9.57. The van der Waals surface area contributed by atoms with Gasteiger partial charge in [0, 0.05) is 38.2 Å². The number of benzene rings is 1. The Kier molecular flexibility index (Phi) is 5.41. The molecule has 0 bridgehead atoms. The maximum Gasteiger partial charge on any atom is 0.266 e. The Morgan fingerprint density at radius 3 is 2.62 bits per heavy atom. The van der Waals surface area contributed by atoms with Crippen molar-refractivity contribution in [1.82, 2.24) is 14.7 Å². The van der Waals surface area contributed by atoms with E-state index in [-0.39, 0.29) is 23.9 Å². The second kappa shape index (κ2) is 7.15. The Hall–Kier alpha value is -2.18. The number of nitrogens with zero attached hydrogens (tertiary/aromatic N) is 3. The summed E-state index contributed by atoms with van der Waals surface area (Å²) in [6.07, 6.45) is 0.635. The highest BCUT2D eigenvalue weighted by Crippen LogP contribution is 2.20. The molecule has 1 aromatic carbocycles. The third kappa shape index (κ3) is 3.49. The molecular weight excluding hydrogens is 328 g/mol. The van der Waals surface area contributed by atoms with E-state index in [0.717, 1.165) is 22.4 Å². The van der Waals surface area contributed by atoms with Crippen LogP contribution in [0.2, 0.25) is 0 Å². The van der Waals surface area contributed by atoms with Crippen molar-refractivity contribution in [1.29, 1.82) is 0 Å². The van der Waals surface area contributed by atoms with Gasteiger partial charge >= 0.3 is 0 Å². The van der Waals surface area contributed by atoms with Gasteiger partial charge in [-0.1, -0.05) is 29.8 Å². The summed E-state index contributed by atoms with van der Waals surface area (Å²) >= 11 is 0. The van der Waals surface area contributed by atoms with Gasteiger partial charge in [-0.3, -0.25) is 9.59 Å². The maximum absolute atomic E-state index is 12.6. The van der Waals surface area contributed by atoms with Gasteiger partial charge < -0.3 is 10.6 Å². The molecule has 2 heterocycles. The largest absolute Gasteiger partial charge is 0.336 e. The van der Waals surface area contributed by atoms with Gasteiger partial charge in [-0.05, 0) is 12.5 Å². The smallest absolute Gasteiger partial charge is 0.266 e. The van der Waals surface area contributed by atoms with E-state index in [2.05, 4.69) is 5.10 Å². The predicted octanol–water partition coefficient (Wildman–Crippen LogP) is 1.10. The van der Waals surface area contributed by atoms with Crippen LogP contribution in [0.4, 0.5) is 0 Å². The van der Waals surface area contributed by atoms with E-state index < -0.39 is 6.04 Å². The van der Waals surface area contributed by atoms with Crippen molar-refractivity contribution in [2.45, 2.75) is 25.9 Å². The molecule has 3 rings (SSSR count). The summed E-state index contributed by atoms with van der Waals surface area (Å²) < 4.78 is 1.33. The van der Waals surface area contributed by atoms with E-state index in [4.69, 9.17) is 5.73 Å². The number of carbonyl (C=O) groups is 1. The average molecular weight is 349 g/mol. The number of amides is 1. The lowest BCUT2D eigenvalue weighted by molar-refractivity contribution is -0.133. The van der Waals surface area contributed by atoms with Crippen molar-refractivity contribution >= 4 is 18.3 Å². The lowest BCUT2D eigenvalue weighted by Gasteiger charge is -2.30. The van der Waals surface area contributed by atoms with Crippen molar-refractivity contribution in [3.63, 3.8) is 0 Å². The first-order valence-electron chi connectivity index (χ1n) is 7.63. The molecule has 6 nitrogen and oxygen atoms in total. The van der Waals surface area contributed by atoms with Crippen LogP contribution in [0, 0.1) is 6.92 Å². The Morgan fingerprint density at radius 1 is 1.29 bits per heavy atom. The molecule has 1 aliphatic rings. The van der Waals surface area contributed by atoms with Gasteiger partial charge in [-0.25, -0.2) is 4.68 Å². The second-order valence-electron chi connectivity index (χ2n) is 5.98. The molecule has 0 radical (unpaired) electrons. The van der Waals surface area contributed by atoms with Gasteiger partial charge in [-0.15, -0.1) is 12.4 Å². The first kappa shape index (κ1) is 18.2. The van der Waals surface area contributed by atoms with Crippen molar-refractivity contribution in [2.24, 2.45) is 12.8 Å². The number of aromatic nitrogens is 2. The van der Waals surface area contributed by atoms with Gasteiger partial charge in [0.25, 0.3) is 5.56 Å². The minimum absolute atomic E-state index is 0. The fraction of sp³-hybridized carbons (Fsp3) is 0.353. The molecule has 0 saturated heterocycles. The topological polar surface area (TPSA) is 81.2 Å². The lowest BCUT2D eigenvalue weighted by atomic mass is 10.0. The van der Waals surface area contributed by atoms with Gasteiger partial charge in [-0.2, -0.15) is 5.10 Å². The summed E-state index contributed by atoms with van der Waals surface area (Å²) in [6, 6.07) is 8.53. The highest BCUT2D eigenvalue weighted by atomic mass is 35.5. The van der Waals surface area contributed by atoms with Crippen LogP contribution >= 0.6 is 12.4 Å². The van der Waals surface area contributed by atoms with E-state index in [1.54, 1.807) is 18.0 Å². The monoisotopic (exact) mass is 348 g/mol. The molecule has 2 aromatic rings. The SMILES string of the molecule is Cc1ccc(C(N)C(=O)N2CCc3nn(C)c(=O)cc3C2)cc1.Cl. The summed E-state index contributed by atoms with van der Waals surface area (Å²) in [4.78, 5) is 26.1. The fourth-order valence-corrected chi connectivity index (χ4v) is 2.79. The summed E-state index contributed by atoms with van der Waals surface area (Å²) in [5, 5.41) is 4.25. The molecule has 1 unspecified atom stereocenters. The molecule has 1 amide bonds. The Labute approximate surface area is 146 Å². The fourth-order valence-electron chi connectivity index (χ4n) is 2.79. The molecule has 2 N–H and O–H groups in total. The zero-order chi connectivity index (χ0) is 16.6. The van der Waals surface area contributed by atoms with Crippen molar-refractivity contribution in [3.8, 4) is 0 Å². The third-order valence-corrected chi connectivity index (χ3v) is 4.25. The van der Waals surface area contributed by atoms with E-state index in [1.165, 1.54) is 4.68 Å². The Bertz CT molecular complexity index is 801. The maximum atomic E-state index is 12.6. The Morgan fingerprint density at radius 2 is 1.96 bits per heavy atom. The van der Waals surface area contributed by atoms with Crippen LogP contribution in [0.1, 0.15) is 28.4 Å². The molecular formula is C17H21ClN4O2. The molecule has 1 atom stereocenters. The van der Waals surface area contributed by atoms with Crippen molar-refractivity contribution in [2.75, 3.05) is 6.54 Å². The zero-order valence-corrected chi connectivity index (χ0v) is 14.5. The van der Waals surface area contributed by atoms with Crippen LogP contribution in [0.25, 0.3) is 0 Å². The van der Waals surface area contributed by atoms with Crippen LogP contribution in [0.15, 0.2) is 35.1 Å².